The van der Waals surface area contributed by atoms with Gasteiger partial charge in [0.1, 0.15) is 0 Å². The van der Waals surface area contributed by atoms with Crippen LogP contribution in [0.5, 0.6) is 0 Å². The van der Waals surface area contributed by atoms with Crippen LogP contribution >= 0.6 is 0 Å². The van der Waals surface area contributed by atoms with Gasteiger partial charge in [0.15, 0.2) is 0 Å². The SMILES string of the molecule is C1=NCC[N-]1.[CH2-]CO.[Eu+2]. The predicted octanol–water partition coefficient (Wildman–Crippen LogP) is 0.215. The van der Waals surface area contributed by atoms with Gasteiger partial charge in [0, 0.05) is 0 Å². The van der Waals surface area contributed by atoms with Crippen molar-refractivity contribution in [3.63, 3.8) is 0 Å². The van der Waals surface area contributed by atoms with Crippen molar-refractivity contribution < 1.29 is 54.5 Å². The molecule has 0 amide bonds. The van der Waals surface area contributed by atoms with E-state index in [1.54, 1.807) is 6.34 Å². The second-order valence-electron chi connectivity index (χ2n) is 1.15. The second-order valence-corrected chi connectivity index (χ2v) is 1.15. The van der Waals surface area contributed by atoms with E-state index in [1.165, 1.54) is 0 Å². The van der Waals surface area contributed by atoms with Crippen molar-refractivity contribution in [2.45, 2.75) is 0 Å². The van der Waals surface area contributed by atoms with Gasteiger partial charge in [-0.05, 0) is 0 Å². The third-order valence-corrected chi connectivity index (χ3v) is 0.521. The van der Waals surface area contributed by atoms with Gasteiger partial charge in [-0.3, -0.25) is 0 Å². The minimum absolute atomic E-state index is 0. The minimum Gasteiger partial charge on any atom is -0.472 e. The standard InChI is InChI=1S/C3H5N2.C2H5O.Eu/c1-2-5-3-4-1;1-2-3;/h3H,1-2H2;3H,1-2H2;/q2*-1;+2. The molecule has 1 aliphatic heterocycles. The van der Waals surface area contributed by atoms with Gasteiger partial charge < -0.3 is 22.3 Å². The molecule has 3 nitrogen and oxygen atoms in total. The van der Waals surface area contributed by atoms with Crippen molar-refractivity contribution in [1.29, 1.82) is 0 Å². The molecule has 0 aromatic carbocycles. The van der Waals surface area contributed by atoms with Crippen LogP contribution < -0.4 is 0 Å². The van der Waals surface area contributed by atoms with Crippen LogP contribution in [0.3, 0.4) is 0 Å². The first kappa shape index (κ1) is 12.7. The molecule has 9 heavy (non-hydrogen) atoms. The van der Waals surface area contributed by atoms with E-state index in [9.17, 15) is 0 Å². The van der Waals surface area contributed by atoms with Crippen LogP contribution in [-0.4, -0.2) is 31.1 Å². The quantitative estimate of drug-likeness (QED) is 0.626. The van der Waals surface area contributed by atoms with Crippen LogP contribution in [-0.2, 0) is 0 Å². The van der Waals surface area contributed by atoms with Gasteiger partial charge >= 0.3 is 49.4 Å². The number of nitrogens with zero attached hydrogens (tertiary/aromatic N) is 2. The van der Waals surface area contributed by atoms with Crippen LogP contribution in [0.1, 0.15) is 0 Å². The summed E-state index contributed by atoms with van der Waals surface area (Å²) >= 11 is 0. The van der Waals surface area contributed by atoms with E-state index in [4.69, 9.17) is 5.11 Å². The van der Waals surface area contributed by atoms with Gasteiger partial charge in [0.25, 0.3) is 0 Å². The molecule has 0 bridgehead atoms. The summed E-state index contributed by atoms with van der Waals surface area (Å²) in [7, 11) is 0. The van der Waals surface area contributed by atoms with E-state index in [1.807, 2.05) is 0 Å². The first-order valence-corrected chi connectivity index (χ1v) is 2.47. The second kappa shape index (κ2) is 11.8. The number of hydrogen-bond donors (Lipinski definition) is 1. The number of rotatable bonds is 0. The topological polar surface area (TPSA) is 46.7 Å². The van der Waals surface area contributed by atoms with Crippen LogP contribution in [0.25, 0.3) is 5.32 Å². The smallest absolute Gasteiger partial charge is 0.472 e. The van der Waals surface area contributed by atoms with Gasteiger partial charge in [0.05, 0.1) is 0 Å². The van der Waals surface area contributed by atoms with E-state index in [0.717, 1.165) is 13.1 Å². The Balaban J connectivity index is 0. The van der Waals surface area contributed by atoms with Gasteiger partial charge in [0.2, 0.25) is 0 Å². The minimum atomic E-state index is 0. The van der Waals surface area contributed by atoms with Crippen molar-refractivity contribution in [2.24, 2.45) is 4.99 Å². The summed E-state index contributed by atoms with van der Waals surface area (Å²) in [5.41, 5.74) is 0. The van der Waals surface area contributed by atoms with Crippen LogP contribution in [0.15, 0.2) is 4.99 Å². The number of aliphatic imine (C=N–C) groups is 1. The third kappa shape index (κ3) is 12.3. The summed E-state index contributed by atoms with van der Waals surface area (Å²) in [6.45, 7) is 4.85. The molecule has 0 aromatic rings. The Morgan fingerprint density at radius 1 is 1.78 bits per heavy atom. The van der Waals surface area contributed by atoms with E-state index in [-0.39, 0.29) is 56.0 Å². The molecule has 0 atom stereocenters. The van der Waals surface area contributed by atoms with Crippen LogP contribution in [0.2, 0.25) is 0 Å². The average molecular weight is 266 g/mol. The molecule has 1 radical (unpaired) electrons. The Labute approximate surface area is 96.5 Å². The molecule has 0 aromatic heterocycles. The molecule has 1 rings (SSSR count). The average Bonchev–Trinajstić information content (AvgIpc) is 2.17. The fourth-order valence-corrected chi connectivity index (χ4v) is 0.289. The van der Waals surface area contributed by atoms with Crippen molar-refractivity contribution in [2.75, 3.05) is 19.7 Å². The van der Waals surface area contributed by atoms with Crippen LogP contribution in [0.4, 0.5) is 0 Å². The molecule has 53 valence electrons. The van der Waals surface area contributed by atoms with Gasteiger partial charge in [-0.25, -0.2) is 0 Å². The summed E-state index contributed by atoms with van der Waals surface area (Å²) in [6.07, 6.45) is 1.61. The summed E-state index contributed by atoms with van der Waals surface area (Å²) in [4.78, 5) is 3.79. The Hall–Kier alpha value is 1.01. The third-order valence-electron chi connectivity index (χ3n) is 0.521. The number of hydrogen-bond acceptors (Lipinski definition) is 2. The van der Waals surface area contributed by atoms with Crippen molar-refractivity contribution in [3.05, 3.63) is 12.2 Å². The molecule has 0 unspecified atom stereocenters. The van der Waals surface area contributed by atoms with Gasteiger partial charge in [-0.2, -0.15) is 0 Å². The molecule has 4 heteroatoms. The Morgan fingerprint density at radius 2 is 2.33 bits per heavy atom. The molecule has 1 heterocycles. The van der Waals surface area contributed by atoms with E-state index < -0.39 is 0 Å². The number of aliphatic hydroxyl groups excluding tert-OH is 1. The fourth-order valence-electron chi connectivity index (χ4n) is 0.289. The maximum Gasteiger partial charge on any atom is 2.00 e. The van der Waals surface area contributed by atoms with E-state index in [2.05, 4.69) is 17.2 Å². The maximum atomic E-state index is 7.46. The Morgan fingerprint density at radius 3 is 2.44 bits per heavy atom. The summed E-state index contributed by atoms with van der Waals surface area (Å²) in [5.74, 6) is 0. The largest absolute Gasteiger partial charge is 2.00 e. The van der Waals surface area contributed by atoms with E-state index in [0.29, 0.717) is 0 Å². The molecule has 0 aliphatic carbocycles. The number of aliphatic hydroxyl groups is 1. The van der Waals surface area contributed by atoms with E-state index >= 15 is 0 Å². The summed E-state index contributed by atoms with van der Waals surface area (Å²) in [6, 6.07) is 0. The zero-order chi connectivity index (χ0) is 6.24. The van der Waals surface area contributed by atoms with Crippen molar-refractivity contribution in [1.82, 2.24) is 0 Å². The molecule has 0 fully saturated rings. The van der Waals surface area contributed by atoms with Gasteiger partial charge in [-0.1, -0.05) is 19.7 Å². The molecular weight excluding hydrogens is 256 g/mol. The monoisotopic (exact) mass is 267 g/mol. The van der Waals surface area contributed by atoms with Crippen molar-refractivity contribution >= 4 is 6.34 Å². The molecular formula is C5H10EuN2O. The summed E-state index contributed by atoms with van der Waals surface area (Å²) in [5, 5.41) is 11.2. The summed E-state index contributed by atoms with van der Waals surface area (Å²) < 4.78 is 0. The Bertz CT molecular complexity index is 62.0. The first-order valence-electron chi connectivity index (χ1n) is 2.47. The molecule has 1 N–H and O–H groups in total. The molecule has 0 saturated heterocycles. The fraction of sp³-hybridized carbons (Fsp3) is 0.600. The van der Waals surface area contributed by atoms with Gasteiger partial charge in [-0.15, -0.1) is 6.34 Å². The van der Waals surface area contributed by atoms with Crippen LogP contribution in [0, 0.1) is 56.3 Å². The maximum absolute atomic E-state index is 7.46. The molecule has 1 aliphatic rings. The Kier molecular flexibility index (Phi) is 16.6. The zero-order valence-electron chi connectivity index (χ0n) is 5.13. The normalized spacial score (nSPS) is 12.7. The predicted molar refractivity (Wildman–Crippen MR) is 34.0 cm³/mol. The first-order chi connectivity index (χ1) is 3.91. The molecule has 0 saturated carbocycles. The molecule has 0 spiro atoms. The zero-order valence-corrected chi connectivity index (χ0v) is 7.55. The van der Waals surface area contributed by atoms with Crippen molar-refractivity contribution in [3.8, 4) is 0 Å².